The van der Waals surface area contributed by atoms with Crippen LogP contribution in [0.1, 0.15) is 44.2 Å². The predicted molar refractivity (Wildman–Crippen MR) is 108 cm³/mol. The summed E-state index contributed by atoms with van der Waals surface area (Å²) in [4.78, 5) is 2.11. The van der Waals surface area contributed by atoms with Crippen LogP contribution >= 0.6 is 12.2 Å². The van der Waals surface area contributed by atoms with Crippen molar-refractivity contribution >= 4 is 28.7 Å². The molecule has 0 saturated carbocycles. The molecule has 2 aromatic rings. The molecule has 0 fully saturated rings. The summed E-state index contributed by atoms with van der Waals surface area (Å²) >= 11 is 5.67. The SMILES string of the molecule is CCCCc1ccc(NC(=S)N2c3ccc(F)cc3CCC2C)cc1. The smallest absolute Gasteiger partial charge is 0.178 e. The van der Waals surface area contributed by atoms with Crippen LogP contribution in [0.25, 0.3) is 0 Å². The highest BCUT2D eigenvalue weighted by Gasteiger charge is 2.26. The fourth-order valence-corrected chi connectivity index (χ4v) is 3.75. The first-order chi connectivity index (χ1) is 12.1. The van der Waals surface area contributed by atoms with E-state index in [-0.39, 0.29) is 5.82 Å². The van der Waals surface area contributed by atoms with Crippen LogP contribution in [0, 0.1) is 5.82 Å². The fourth-order valence-electron chi connectivity index (χ4n) is 3.35. The number of anilines is 2. The summed E-state index contributed by atoms with van der Waals surface area (Å²) in [5.41, 5.74) is 4.38. The monoisotopic (exact) mass is 356 g/mol. The molecule has 25 heavy (non-hydrogen) atoms. The molecule has 0 radical (unpaired) electrons. The van der Waals surface area contributed by atoms with Crippen LogP contribution < -0.4 is 10.2 Å². The molecule has 1 aliphatic rings. The number of fused-ring (bicyclic) bond motifs is 1. The molecule has 0 aliphatic carbocycles. The van der Waals surface area contributed by atoms with Crippen molar-refractivity contribution in [2.75, 3.05) is 10.2 Å². The molecule has 2 nitrogen and oxygen atoms in total. The Hall–Kier alpha value is -1.94. The molecule has 4 heteroatoms. The van der Waals surface area contributed by atoms with Crippen LogP contribution in [0.5, 0.6) is 0 Å². The molecule has 0 aromatic heterocycles. The Morgan fingerprint density at radius 2 is 2.00 bits per heavy atom. The van der Waals surface area contributed by atoms with E-state index in [0.717, 1.165) is 36.2 Å². The molecule has 2 aromatic carbocycles. The van der Waals surface area contributed by atoms with Crippen LogP contribution in [-0.2, 0) is 12.8 Å². The van der Waals surface area contributed by atoms with Gasteiger partial charge in [0.1, 0.15) is 5.82 Å². The second-order valence-corrected chi connectivity index (χ2v) is 7.15. The van der Waals surface area contributed by atoms with E-state index in [0.29, 0.717) is 11.2 Å². The number of thiocarbonyl (C=S) groups is 1. The highest BCUT2D eigenvalue weighted by Crippen LogP contribution is 2.32. The molecule has 132 valence electrons. The van der Waals surface area contributed by atoms with E-state index in [1.165, 1.54) is 24.5 Å². The molecule has 1 atom stereocenters. The lowest BCUT2D eigenvalue weighted by molar-refractivity contribution is 0.604. The van der Waals surface area contributed by atoms with E-state index in [9.17, 15) is 4.39 Å². The number of benzene rings is 2. The first-order valence-electron chi connectivity index (χ1n) is 9.06. The molecule has 0 spiro atoms. The molecule has 1 aliphatic heterocycles. The van der Waals surface area contributed by atoms with Gasteiger partial charge in [0.2, 0.25) is 0 Å². The summed E-state index contributed by atoms with van der Waals surface area (Å²) in [7, 11) is 0. The molecule has 0 amide bonds. The maximum atomic E-state index is 13.5. The summed E-state index contributed by atoms with van der Waals surface area (Å²) in [6.45, 7) is 4.37. The third-order valence-corrected chi connectivity index (χ3v) is 5.12. The molecule has 1 heterocycles. The van der Waals surface area contributed by atoms with Crippen LogP contribution in [0.4, 0.5) is 15.8 Å². The Morgan fingerprint density at radius 1 is 1.24 bits per heavy atom. The van der Waals surface area contributed by atoms with Gasteiger partial charge in [-0.15, -0.1) is 0 Å². The van der Waals surface area contributed by atoms with Crippen LogP contribution in [0.3, 0.4) is 0 Å². The Bertz CT molecular complexity index is 742. The Morgan fingerprint density at radius 3 is 2.72 bits per heavy atom. The number of halogens is 1. The van der Waals surface area contributed by atoms with E-state index in [1.54, 1.807) is 6.07 Å². The van der Waals surface area contributed by atoms with Gasteiger partial charge in [0.05, 0.1) is 0 Å². The minimum absolute atomic E-state index is 0.185. The quantitative estimate of drug-likeness (QED) is 0.707. The van der Waals surface area contributed by atoms with Crippen LogP contribution in [0.15, 0.2) is 42.5 Å². The normalized spacial score (nSPS) is 16.4. The average Bonchev–Trinajstić information content (AvgIpc) is 2.61. The van der Waals surface area contributed by atoms with E-state index in [2.05, 4.69) is 48.3 Å². The van der Waals surface area contributed by atoms with Crippen molar-refractivity contribution in [3.63, 3.8) is 0 Å². The Kier molecular flexibility index (Phi) is 5.69. The number of unbranched alkanes of at least 4 members (excludes halogenated alkanes) is 1. The van der Waals surface area contributed by atoms with Crippen molar-refractivity contribution in [2.45, 2.75) is 52.0 Å². The predicted octanol–water partition coefficient (Wildman–Crippen LogP) is 5.71. The van der Waals surface area contributed by atoms with Gasteiger partial charge in [-0.3, -0.25) is 0 Å². The van der Waals surface area contributed by atoms with Crippen LogP contribution in [0.2, 0.25) is 0 Å². The zero-order chi connectivity index (χ0) is 17.8. The number of hydrogen-bond acceptors (Lipinski definition) is 1. The second-order valence-electron chi connectivity index (χ2n) is 6.76. The van der Waals surface area contributed by atoms with Crippen molar-refractivity contribution in [1.82, 2.24) is 0 Å². The maximum absolute atomic E-state index is 13.5. The molecule has 3 rings (SSSR count). The number of rotatable bonds is 4. The largest absolute Gasteiger partial charge is 0.332 e. The van der Waals surface area contributed by atoms with E-state index < -0.39 is 0 Å². The Balaban J connectivity index is 1.75. The second kappa shape index (κ2) is 7.96. The minimum Gasteiger partial charge on any atom is -0.332 e. The van der Waals surface area contributed by atoms with Gasteiger partial charge < -0.3 is 10.2 Å². The van der Waals surface area contributed by atoms with Gasteiger partial charge in [-0.1, -0.05) is 25.5 Å². The first kappa shape index (κ1) is 17.9. The minimum atomic E-state index is -0.185. The molecular weight excluding hydrogens is 331 g/mol. The summed E-state index contributed by atoms with van der Waals surface area (Å²) < 4.78 is 13.5. The standard InChI is InChI=1S/C21H25FN2S/c1-3-4-5-16-7-11-19(12-8-16)23-21(25)24-15(2)6-9-17-14-18(22)10-13-20(17)24/h7-8,10-15H,3-6,9H2,1-2H3,(H,23,25). The van der Waals surface area contributed by atoms with Crippen LogP contribution in [-0.4, -0.2) is 11.2 Å². The Labute approximate surface area is 155 Å². The van der Waals surface area contributed by atoms with Crippen molar-refractivity contribution in [1.29, 1.82) is 0 Å². The van der Waals surface area contributed by atoms with Gasteiger partial charge in [-0.25, -0.2) is 4.39 Å². The molecule has 0 saturated heterocycles. The third kappa shape index (κ3) is 4.18. The highest BCUT2D eigenvalue weighted by atomic mass is 32.1. The van der Waals surface area contributed by atoms with E-state index in [4.69, 9.17) is 12.2 Å². The number of nitrogens with zero attached hydrogens (tertiary/aromatic N) is 1. The molecule has 1 N–H and O–H groups in total. The van der Waals surface area contributed by atoms with E-state index >= 15 is 0 Å². The fraction of sp³-hybridized carbons (Fsp3) is 0.381. The highest BCUT2D eigenvalue weighted by molar-refractivity contribution is 7.80. The summed E-state index contributed by atoms with van der Waals surface area (Å²) in [6, 6.07) is 13.7. The first-order valence-corrected chi connectivity index (χ1v) is 9.47. The molecule has 0 bridgehead atoms. The van der Waals surface area contributed by atoms with Crippen molar-refractivity contribution in [3.05, 3.63) is 59.4 Å². The van der Waals surface area contributed by atoms with Gasteiger partial charge in [-0.05, 0) is 86.3 Å². The number of nitrogens with one attached hydrogen (secondary N) is 1. The third-order valence-electron chi connectivity index (χ3n) is 4.82. The number of hydrogen-bond donors (Lipinski definition) is 1. The molecular formula is C21H25FN2S. The maximum Gasteiger partial charge on any atom is 0.178 e. The van der Waals surface area contributed by atoms with Crippen molar-refractivity contribution in [2.24, 2.45) is 0 Å². The van der Waals surface area contributed by atoms with Gasteiger partial charge in [0, 0.05) is 17.4 Å². The lowest BCUT2D eigenvalue weighted by Gasteiger charge is -2.37. The summed E-state index contributed by atoms with van der Waals surface area (Å²) in [5, 5.41) is 4.01. The number of aryl methyl sites for hydroxylation is 2. The zero-order valence-electron chi connectivity index (χ0n) is 14.9. The zero-order valence-corrected chi connectivity index (χ0v) is 15.7. The van der Waals surface area contributed by atoms with Gasteiger partial charge >= 0.3 is 0 Å². The van der Waals surface area contributed by atoms with Gasteiger partial charge in [0.15, 0.2) is 5.11 Å². The molecule has 1 unspecified atom stereocenters. The van der Waals surface area contributed by atoms with Gasteiger partial charge in [0.25, 0.3) is 0 Å². The summed E-state index contributed by atoms with van der Waals surface area (Å²) in [6.07, 6.45) is 5.39. The van der Waals surface area contributed by atoms with Crippen molar-refractivity contribution in [3.8, 4) is 0 Å². The topological polar surface area (TPSA) is 15.3 Å². The lowest BCUT2D eigenvalue weighted by atomic mass is 9.97. The van der Waals surface area contributed by atoms with Crippen molar-refractivity contribution < 1.29 is 4.39 Å². The average molecular weight is 357 g/mol. The lowest BCUT2D eigenvalue weighted by Crippen LogP contribution is -2.44. The summed E-state index contributed by atoms with van der Waals surface area (Å²) in [5.74, 6) is -0.185. The van der Waals surface area contributed by atoms with E-state index in [1.807, 2.05) is 6.07 Å². The van der Waals surface area contributed by atoms with Gasteiger partial charge in [-0.2, -0.15) is 0 Å².